The van der Waals surface area contributed by atoms with Crippen LogP contribution in [0.4, 0.5) is 9.52 Å². The molecule has 1 aliphatic rings. The maximum atomic E-state index is 13.1. The van der Waals surface area contributed by atoms with Crippen LogP contribution in [0.1, 0.15) is 6.92 Å². The van der Waals surface area contributed by atoms with Gasteiger partial charge in [-0.3, -0.25) is 4.79 Å². The molecule has 0 spiro atoms. The van der Waals surface area contributed by atoms with Crippen LogP contribution in [0, 0.1) is 5.82 Å². The lowest BCUT2D eigenvalue weighted by molar-refractivity contribution is -0.132. The minimum atomic E-state index is -0.463. The number of hydrogen-bond acceptors (Lipinski definition) is 6. The van der Waals surface area contributed by atoms with Crippen LogP contribution in [0.15, 0.2) is 30.5 Å². The van der Waals surface area contributed by atoms with Gasteiger partial charge >= 0.3 is 0 Å². The molecule has 2 aromatic heterocycles. The van der Waals surface area contributed by atoms with Gasteiger partial charge in [0.2, 0.25) is 16.0 Å². The minimum Gasteiger partial charge on any atom is -0.343 e. The molecular weight excluding hydrogens is 355 g/mol. The molecule has 4 rings (SSSR count). The number of nitrogens with two attached hydrogens (primary N) is 1. The Labute approximate surface area is 153 Å². The fourth-order valence-electron chi connectivity index (χ4n) is 2.98. The number of hydrogen-bond donors (Lipinski definition) is 1. The molecule has 2 N–H and O–H groups in total. The maximum Gasteiger partial charge on any atom is 0.239 e. The third-order valence-electron chi connectivity index (χ3n) is 4.42. The van der Waals surface area contributed by atoms with Crippen molar-refractivity contribution in [2.45, 2.75) is 13.0 Å². The van der Waals surface area contributed by atoms with E-state index >= 15 is 0 Å². The SMILES string of the molecule is C[C@@H](N)C(=O)N1CCN(c2nn3cc(-c4ccc(F)cc4)nc3s2)CC1. The van der Waals surface area contributed by atoms with Crippen molar-refractivity contribution in [3.05, 3.63) is 36.3 Å². The zero-order chi connectivity index (χ0) is 18.3. The van der Waals surface area contributed by atoms with Gasteiger partial charge < -0.3 is 15.5 Å². The van der Waals surface area contributed by atoms with Gasteiger partial charge in [-0.05, 0) is 31.2 Å². The van der Waals surface area contributed by atoms with Gasteiger partial charge in [0.25, 0.3) is 0 Å². The van der Waals surface area contributed by atoms with Crippen molar-refractivity contribution in [1.29, 1.82) is 0 Å². The number of rotatable bonds is 3. The van der Waals surface area contributed by atoms with Crippen LogP contribution in [0.3, 0.4) is 0 Å². The van der Waals surface area contributed by atoms with E-state index in [0.717, 1.165) is 34.4 Å². The molecule has 9 heteroatoms. The number of amides is 1. The average molecular weight is 374 g/mol. The number of aromatic nitrogens is 3. The molecular formula is C17H19FN6OS. The number of anilines is 1. The lowest BCUT2D eigenvalue weighted by atomic mass is 10.2. The first kappa shape index (κ1) is 16.9. The van der Waals surface area contributed by atoms with Gasteiger partial charge in [0, 0.05) is 31.7 Å². The summed E-state index contributed by atoms with van der Waals surface area (Å²) in [5.41, 5.74) is 7.29. The molecule has 26 heavy (non-hydrogen) atoms. The van der Waals surface area contributed by atoms with Crippen molar-refractivity contribution in [3.63, 3.8) is 0 Å². The smallest absolute Gasteiger partial charge is 0.239 e. The van der Waals surface area contributed by atoms with Crippen molar-refractivity contribution in [2.75, 3.05) is 31.1 Å². The summed E-state index contributed by atoms with van der Waals surface area (Å²) in [5.74, 6) is -0.278. The molecule has 0 unspecified atom stereocenters. The summed E-state index contributed by atoms with van der Waals surface area (Å²) in [6, 6.07) is 5.79. The summed E-state index contributed by atoms with van der Waals surface area (Å²) in [5, 5.41) is 5.48. The van der Waals surface area contributed by atoms with Crippen LogP contribution in [0.2, 0.25) is 0 Å². The number of halogens is 1. The number of piperazine rings is 1. The largest absolute Gasteiger partial charge is 0.343 e. The highest BCUT2D eigenvalue weighted by Crippen LogP contribution is 2.27. The van der Waals surface area contributed by atoms with Crippen LogP contribution in [0.25, 0.3) is 16.2 Å². The highest BCUT2D eigenvalue weighted by atomic mass is 32.1. The van der Waals surface area contributed by atoms with Gasteiger partial charge in [0.1, 0.15) is 5.82 Å². The fourth-order valence-corrected chi connectivity index (χ4v) is 3.92. The van der Waals surface area contributed by atoms with E-state index in [1.807, 2.05) is 6.20 Å². The van der Waals surface area contributed by atoms with Crippen molar-refractivity contribution >= 4 is 27.3 Å². The Morgan fingerprint density at radius 1 is 1.23 bits per heavy atom. The van der Waals surface area contributed by atoms with E-state index in [4.69, 9.17) is 5.73 Å². The quantitative estimate of drug-likeness (QED) is 0.753. The van der Waals surface area contributed by atoms with Crippen LogP contribution in [0.5, 0.6) is 0 Å². The van der Waals surface area contributed by atoms with E-state index in [2.05, 4.69) is 15.0 Å². The van der Waals surface area contributed by atoms with Gasteiger partial charge in [0.15, 0.2) is 0 Å². The van der Waals surface area contributed by atoms with Crippen LogP contribution in [-0.2, 0) is 4.79 Å². The number of carbonyl (C=O) groups is 1. The van der Waals surface area contributed by atoms with Crippen LogP contribution in [-0.4, -0.2) is 57.6 Å². The molecule has 0 bridgehead atoms. The van der Waals surface area contributed by atoms with Gasteiger partial charge in [-0.1, -0.05) is 11.3 Å². The number of nitrogens with zero attached hydrogens (tertiary/aromatic N) is 5. The molecule has 1 amide bonds. The summed E-state index contributed by atoms with van der Waals surface area (Å²) >= 11 is 1.50. The van der Waals surface area contributed by atoms with E-state index in [9.17, 15) is 9.18 Å². The van der Waals surface area contributed by atoms with Crippen molar-refractivity contribution in [1.82, 2.24) is 19.5 Å². The number of carbonyl (C=O) groups excluding carboxylic acids is 1. The Balaban J connectivity index is 1.48. The summed E-state index contributed by atoms with van der Waals surface area (Å²) in [6.45, 7) is 4.44. The van der Waals surface area contributed by atoms with Crippen molar-refractivity contribution in [3.8, 4) is 11.3 Å². The molecule has 0 saturated carbocycles. The molecule has 0 radical (unpaired) electrons. The molecule has 7 nitrogen and oxygen atoms in total. The molecule has 1 aliphatic heterocycles. The third kappa shape index (κ3) is 3.15. The van der Waals surface area contributed by atoms with Crippen LogP contribution >= 0.6 is 11.3 Å². The average Bonchev–Trinajstić information content (AvgIpc) is 3.21. The first-order chi connectivity index (χ1) is 12.5. The van der Waals surface area contributed by atoms with Gasteiger partial charge in [0.05, 0.1) is 17.9 Å². The molecule has 1 atom stereocenters. The first-order valence-corrected chi connectivity index (χ1v) is 9.24. The number of benzene rings is 1. The van der Waals surface area contributed by atoms with Gasteiger partial charge in [-0.15, -0.1) is 5.10 Å². The van der Waals surface area contributed by atoms with E-state index in [1.54, 1.807) is 28.5 Å². The van der Waals surface area contributed by atoms with E-state index < -0.39 is 6.04 Å². The zero-order valence-corrected chi connectivity index (χ0v) is 15.1. The van der Waals surface area contributed by atoms with Gasteiger partial charge in [-0.2, -0.15) is 0 Å². The second kappa shape index (κ2) is 6.65. The van der Waals surface area contributed by atoms with Crippen molar-refractivity contribution in [2.24, 2.45) is 5.73 Å². The first-order valence-electron chi connectivity index (χ1n) is 8.43. The van der Waals surface area contributed by atoms with Gasteiger partial charge in [-0.25, -0.2) is 13.9 Å². The standard InChI is InChI=1S/C17H19FN6OS/c1-11(19)15(25)22-6-8-23(9-7-22)17-21-24-10-14(20-16(24)26-17)12-2-4-13(18)5-3-12/h2-5,10-11H,6-9,19H2,1H3/t11-/m1/s1. The maximum absolute atomic E-state index is 13.1. The van der Waals surface area contributed by atoms with E-state index in [-0.39, 0.29) is 11.7 Å². The molecule has 1 saturated heterocycles. The Morgan fingerprint density at radius 2 is 1.92 bits per heavy atom. The summed E-state index contributed by atoms with van der Waals surface area (Å²) in [4.78, 5) is 21.3. The third-order valence-corrected chi connectivity index (χ3v) is 5.41. The predicted molar refractivity (Wildman–Crippen MR) is 98.7 cm³/mol. The molecule has 0 aliphatic carbocycles. The Kier molecular flexibility index (Phi) is 4.33. The number of imidazole rings is 1. The minimum absolute atomic E-state index is 0.0115. The van der Waals surface area contributed by atoms with E-state index in [1.165, 1.54) is 23.5 Å². The normalized spacial score (nSPS) is 16.3. The van der Waals surface area contributed by atoms with Crippen LogP contribution < -0.4 is 10.6 Å². The lowest BCUT2D eigenvalue weighted by Gasteiger charge is -2.35. The molecule has 136 valence electrons. The summed E-state index contributed by atoms with van der Waals surface area (Å²) in [7, 11) is 0. The monoisotopic (exact) mass is 374 g/mol. The summed E-state index contributed by atoms with van der Waals surface area (Å²) < 4.78 is 14.8. The molecule has 1 aromatic carbocycles. The Hall–Kier alpha value is -2.52. The second-order valence-corrected chi connectivity index (χ2v) is 7.28. The highest BCUT2D eigenvalue weighted by molar-refractivity contribution is 7.20. The fraction of sp³-hybridized carbons (Fsp3) is 0.353. The second-order valence-electron chi connectivity index (χ2n) is 6.35. The van der Waals surface area contributed by atoms with Crippen molar-refractivity contribution < 1.29 is 9.18 Å². The highest BCUT2D eigenvalue weighted by Gasteiger charge is 2.25. The molecule has 3 heterocycles. The molecule has 3 aromatic rings. The Bertz CT molecular complexity index is 895. The summed E-state index contributed by atoms with van der Waals surface area (Å²) in [6.07, 6.45) is 1.85. The lowest BCUT2D eigenvalue weighted by Crippen LogP contribution is -2.52. The number of fused-ring (bicyclic) bond motifs is 1. The Morgan fingerprint density at radius 3 is 2.54 bits per heavy atom. The molecule has 1 fully saturated rings. The zero-order valence-electron chi connectivity index (χ0n) is 14.3. The predicted octanol–water partition coefficient (Wildman–Crippen LogP) is 1.59. The van der Waals surface area contributed by atoms with E-state index in [0.29, 0.717) is 13.1 Å². The topological polar surface area (TPSA) is 79.8 Å².